The zero-order chi connectivity index (χ0) is 18.7. The molecule has 2 amide bonds. The number of nitrogens with zero attached hydrogens (tertiary/aromatic N) is 1. The number of carbonyl (C=O) groups is 2. The van der Waals surface area contributed by atoms with Crippen LogP contribution in [0, 0.1) is 0 Å². The van der Waals surface area contributed by atoms with Gasteiger partial charge in [0.15, 0.2) is 11.5 Å². The molecule has 0 aliphatic carbocycles. The first-order valence-electron chi connectivity index (χ1n) is 7.92. The molecule has 0 saturated carbocycles. The summed E-state index contributed by atoms with van der Waals surface area (Å²) in [5, 5.41) is 9.86. The third-order valence-corrected chi connectivity index (χ3v) is 4.61. The van der Waals surface area contributed by atoms with Gasteiger partial charge in [0.25, 0.3) is 11.1 Å². The summed E-state index contributed by atoms with van der Waals surface area (Å²) in [5.74, 6) is 0.214. The lowest BCUT2D eigenvalue weighted by molar-refractivity contribution is -0.113. The quantitative estimate of drug-likeness (QED) is 0.800. The summed E-state index contributed by atoms with van der Waals surface area (Å²) >= 11 is 0.810. The topological polar surface area (TPSA) is 76.1 Å². The lowest BCUT2D eigenvalue weighted by Crippen LogP contribution is -2.28. The Bertz CT molecular complexity index is 893. The van der Waals surface area contributed by atoms with Crippen LogP contribution >= 0.6 is 11.8 Å². The minimum atomic E-state index is -0.467. The zero-order valence-electron chi connectivity index (χ0n) is 14.3. The highest BCUT2D eigenvalue weighted by molar-refractivity contribution is 8.19. The zero-order valence-corrected chi connectivity index (χ0v) is 15.1. The number of carbonyl (C=O) groups excluding carboxylic acids is 2. The second-order valence-electron chi connectivity index (χ2n) is 5.32. The predicted octanol–water partition coefficient (Wildman–Crippen LogP) is 4.04. The van der Waals surface area contributed by atoms with E-state index in [0.29, 0.717) is 29.4 Å². The smallest absolute Gasteiger partial charge is 0.298 e. The van der Waals surface area contributed by atoms with Crippen LogP contribution in [0.15, 0.2) is 47.4 Å². The minimum Gasteiger partial charge on any atom is -0.504 e. The van der Waals surface area contributed by atoms with Crippen LogP contribution in [0.3, 0.4) is 0 Å². The average molecular weight is 371 g/mol. The van der Waals surface area contributed by atoms with E-state index in [1.807, 2.05) is 6.92 Å². The van der Waals surface area contributed by atoms with Crippen LogP contribution in [0.2, 0.25) is 0 Å². The Morgan fingerprint density at radius 1 is 1.12 bits per heavy atom. The Labute approximate surface area is 155 Å². The maximum atomic E-state index is 12.8. The van der Waals surface area contributed by atoms with Crippen LogP contribution in [0.4, 0.5) is 10.5 Å². The maximum absolute atomic E-state index is 12.8. The van der Waals surface area contributed by atoms with Gasteiger partial charge in [-0.05, 0) is 43.0 Å². The Balaban J connectivity index is 1.97. The van der Waals surface area contributed by atoms with Crippen molar-refractivity contribution in [3.63, 3.8) is 0 Å². The lowest BCUT2D eigenvalue weighted by atomic mass is 10.1. The van der Waals surface area contributed by atoms with Gasteiger partial charge in [-0.25, -0.2) is 4.90 Å². The van der Waals surface area contributed by atoms with Crippen molar-refractivity contribution in [2.75, 3.05) is 18.6 Å². The van der Waals surface area contributed by atoms with Gasteiger partial charge >= 0.3 is 0 Å². The van der Waals surface area contributed by atoms with Gasteiger partial charge < -0.3 is 14.6 Å². The largest absolute Gasteiger partial charge is 0.504 e. The van der Waals surface area contributed by atoms with Crippen molar-refractivity contribution in [1.82, 2.24) is 0 Å². The van der Waals surface area contributed by atoms with E-state index in [9.17, 15) is 14.7 Å². The Morgan fingerprint density at radius 3 is 2.58 bits per heavy atom. The first kappa shape index (κ1) is 17.9. The van der Waals surface area contributed by atoms with E-state index < -0.39 is 11.1 Å². The molecule has 134 valence electrons. The molecular weight excluding hydrogens is 354 g/mol. The van der Waals surface area contributed by atoms with Crippen molar-refractivity contribution in [1.29, 1.82) is 0 Å². The highest BCUT2D eigenvalue weighted by Gasteiger charge is 2.37. The van der Waals surface area contributed by atoms with Gasteiger partial charge in [0, 0.05) is 5.56 Å². The molecule has 6 nitrogen and oxygen atoms in total. The van der Waals surface area contributed by atoms with E-state index in [4.69, 9.17) is 9.47 Å². The summed E-state index contributed by atoms with van der Waals surface area (Å²) in [4.78, 5) is 26.4. The van der Waals surface area contributed by atoms with Crippen molar-refractivity contribution in [2.24, 2.45) is 0 Å². The number of phenols is 1. The number of rotatable bonds is 5. The number of amides is 2. The van der Waals surface area contributed by atoms with Gasteiger partial charge in [0.2, 0.25) is 0 Å². The molecule has 2 aromatic rings. The number of phenolic OH excluding ortho intramolecular Hbond substituents is 1. The Hall–Kier alpha value is -2.93. The van der Waals surface area contributed by atoms with E-state index in [1.165, 1.54) is 13.2 Å². The van der Waals surface area contributed by atoms with E-state index >= 15 is 0 Å². The molecule has 1 heterocycles. The first-order valence-corrected chi connectivity index (χ1v) is 8.74. The number of hydrogen-bond donors (Lipinski definition) is 1. The molecule has 0 bridgehead atoms. The normalized spacial score (nSPS) is 15.6. The summed E-state index contributed by atoms with van der Waals surface area (Å²) < 4.78 is 10.6. The van der Waals surface area contributed by atoms with Crippen LogP contribution < -0.4 is 14.4 Å². The molecule has 7 heteroatoms. The number of hydrogen-bond acceptors (Lipinski definition) is 6. The van der Waals surface area contributed by atoms with Crippen molar-refractivity contribution in [3.8, 4) is 17.2 Å². The molecule has 0 atom stereocenters. The van der Waals surface area contributed by atoms with Crippen molar-refractivity contribution in [2.45, 2.75) is 6.92 Å². The number of benzene rings is 2. The maximum Gasteiger partial charge on any atom is 0.298 e. The van der Waals surface area contributed by atoms with Crippen molar-refractivity contribution < 1.29 is 24.2 Å². The number of methoxy groups -OCH3 is 1. The van der Waals surface area contributed by atoms with Gasteiger partial charge in [0.05, 0.1) is 24.3 Å². The molecule has 2 aromatic carbocycles. The summed E-state index contributed by atoms with van der Waals surface area (Å²) in [6.45, 7) is 2.21. The number of thioether (sulfide) groups is 1. The fourth-order valence-electron chi connectivity index (χ4n) is 2.56. The molecule has 3 rings (SSSR count). The number of ether oxygens (including phenoxy) is 2. The third kappa shape index (κ3) is 3.25. The molecule has 0 radical (unpaired) electrons. The Kier molecular flexibility index (Phi) is 5.18. The molecule has 1 aliphatic heterocycles. The monoisotopic (exact) mass is 371 g/mol. The van der Waals surface area contributed by atoms with Gasteiger partial charge in [-0.3, -0.25) is 9.59 Å². The van der Waals surface area contributed by atoms with Crippen molar-refractivity contribution >= 4 is 34.7 Å². The van der Waals surface area contributed by atoms with E-state index in [2.05, 4.69) is 0 Å². The summed E-state index contributed by atoms with van der Waals surface area (Å²) in [6.07, 6.45) is 1.48. The van der Waals surface area contributed by atoms with Crippen LogP contribution in [0.25, 0.3) is 6.08 Å². The average Bonchev–Trinajstić information content (AvgIpc) is 2.92. The summed E-state index contributed by atoms with van der Waals surface area (Å²) in [7, 11) is 1.48. The van der Waals surface area contributed by atoms with Crippen LogP contribution in [-0.4, -0.2) is 30.0 Å². The minimum absolute atomic E-state index is 0.0709. The molecule has 1 saturated heterocycles. The highest BCUT2D eigenvalue weighted by Crippen LogP contribution is 2.41. The van der Waals surface area contributed by atoms with Gasteiger partial charge in [0.1, 0.15) is 5.75 Å². The molecular formula is C19H17NO5S. The number of para-hydroxylation sites is 3. The number of anilines is 1. The van der Waals surface area contributed by atoms with E-state index in [-0.39, 0.29) is 10.7 Å². The molecule has 26 heavy (non-hydrogen) atoms. The fourth-order valence-corrected chi connectivity index (χ4v) is 3.38. The molecule has 1 N–H and O–H groups in total. The highest BCUT2D eigenvalue weighted by atomic mass is 32.2. The fraction of sp³-hybridized carbons (Fsp3) is 0.158. The molecule has 0 unspecified atom stereocenters. The lowest BCUT2D eigenvalue weighted by Gasteiger charge is -2.15. The van der Waals surface area contributed by atoms with Crippen LogP contribution in [0.1, 0.15) is 12.5 Å². The molecule has 0 spiro atoms. The van der Waals surface area contributed by atoms with E-state index in [1.54, 1.807) is 42.5 Å². The summed E-state index contributed by atoms with van der Waals surface area (Å²) in [5.41, 5.74) is 0.787. The van der Waals surface area contributed by atoms with Crippen molar-refractivity contribution in [3.05, 3.63) is 52.9 Å². The SMILES string of the molecule is CCOc1cccc(C=C2SC(=O)N(c3ccccc3OC)C2=O)c1O. The Morgan fingerprint density at radius 2 is 1.85 bits per heavy atom. The van der Waals surface area contributed by atoms with E-state index in [0.717, 1.165) is 16.7 Å². The van der Waals surface area contributed by atoms with Crippen LogP contribution in [0.5, 0.6) is 17.2 Å². The molecule has 1 aliphatic rings. The van der Waals surface area contributed by atoms with Gasteiger partial charge in [-0.15, -0.1) is 0 Å². The standard InChI is InChI=1S/C19H17NO5S/c1-3-25-15-10-6-7-12(17(15)21)11-16-18(22)20(19(23)26-16)13-8-4-5-9-14(13)24-2/h4-11,21H,3H2,1-2H3. The number of aromatic hydroxyl groups is 1. The molecule has 1 fully saturated rings. The second kappa shape index (κ2) is 7.53. The second-order valence-corrected chi connectivity index (χ2v) is 6.31. The van der Waals surface area contributed by atoms with Crippen LogP contribution in [-0.2, 0) is 4.79 Å². The molecule has 0 aromatic heterocycles. The summed E-state index contributed by atoms with van der Waals surface area (Å²) in [6, 6.07) is 11.8. The third-order valence-electron chi connectivity index (χ3n) is 3.74. The predicted molar refractivity (Wildman–Crippen MR) is 101 cm³/mol. The van der Waals surface area contributed by atoms with Gasteiger partial charge in [-0.1, -0.05) is 24.3 Å². The number of imide groups is 1. The first-order chi connectivity index (χ1) is 12.6. The van der Waals surface area contributed by atoms with Gasteiger partial charge in [-0.2, -0.15) is 0 Å².